The molecular weight excluding hydrogens is 436 g/mol. The van der Waals surface area contributed by atoms with Gasteiger partial charge in [0, 0.05) is 38.1 Å². The molecule has 1 unspecified atom stereocenters. The highest BCUT2D eigenvalue weighted by Gasteiger charge is 2.46. The van der Waals surface area contributed by atoms with Gasteiger partial charge in [0.1, 0.15) is 6.61 Å². The molecule has 2 amide bonds. The van der Waals surface area contributed by atoms with Gasteiger partial charge >= 0.3 is 12.1 Å². The second kappa shape index (κ2) is 9.69. The zero-order valence-electron chi connectivity index (χ0n) is 19.2. The standard InChI is InChI=1S/C26H28N2O6/c1-17(23(29)28-14-12-26(16-28,33-2)24(30)31)11-13-27-25(32)34-15-22-20-9-5-3-7-18(20)19-8-4-6-10-21(19)22/h3-11,22H,12-16H2,1-2H3,(H,27,32)(H,30,31)/b17-11+. The van der Waals surface area contributed by atoms with E-state index in [9.17, 15) is 19.5 Å². The minimum absolute atomic E-state index is 0.0113. The molecule has 0 saturated carbocycles. The number of hydrogen-bond acceptors (Lipinski definition) is 5. The van der Waals surface area contributed by atoms with E-state index in [1.807, 2.05) is 24.3 Å². The Morgan fingerprint density at radius 1 is 1.12 bits per heavy atom. The van der Waals surface area contributed by atoms with Crippen LogP contribution in [0.1, 0.15) is 30.4 Å². The Kier molecular flexibility index (Phi) is 6.70. The lowest BCUT2D eigenvalue weighted by Gasteiger charge is -2.23. The molecule has 1 aliphatic carbocycles. The summed E-state index contributed by atoms with van der Waals surface area (Å²) in [4.78, 5) is 37.9. The van der Waals surface area contributed by atoms with Gasteiger partial charge in [-0.25, -0.2) is 9.59 Å². The maximum atomic E-state index is 12.6. The van der Waals surface area contributed by atoms with E-state index in [0.29, 0.717) is 12.1 Å². The van der Waals surface area contributed by atoms with Crippen molar-refractivity contribution in [2.75, 3.05) is 33.4 Å². The summed E-state index contributed by atoms with van der Waals surface area (Å²) in [6, 6.07) is 16.2. The summed E-state index contributed by atoms with van der Waals surface area (Å²) < 4.78 is 10.7. The number of carboxylic acid groups (broad SMARTS) is 1. The Labute approximate surface area is 198 Å². The fourth-order valence-corrected chi connectivity index (χ4v) is 4.66. The molecule has 0 aromatic heterocycles. The summed E-state index contributed by atoms with van der Waals surface area (Å²) in [5.74, 6) is -1.39. The third kappa shape index (κ3) is 4.41. The average molecular weight is 465 g/mol. The molecule has 1 heterocycles. The Morgan fingerprint density at radius 3 is 2.29 bits per heavy atom. The topological polar surface area (TPSA) is 105 Å². The molecule has 1 saturated heterocycles. The monoisotopic (exact) mass is 464 g/mol. The minimum atomic E-state index is -1.37. The fraction of sp³-hybridized carbons (Fsp3) is 0.346. The number of carbonyl (C=O) groups excluding carboxylic acids is 2. The van der Waals surface area contributed by atoms with Gasteiger partial charge in [-0.3, -0.25) is 4.79 Å². The number of carboxylic acids is 1. The van der Waals surface area contributed by atoms with Crippen molar-refractivity contribution < 1.29 is 29.0 Å². The molecule has 2 aromatic carbocycles. The third-order valence-electron chi connectivity index (χ3n) is 6.64. The largest absolute Gasteiger partial charge is 0.479 e. The van der Waals surface area contributed by atoms with Crippen molar-refractivity contribution in [3.8, 4) is 11.1 Å². The van der Waals surface area contributed by atoms with Crippen molar-refractivity contribution >= 4 is 18.0 Å². The summed E-state index contributed by atoms with van der Waals surface area (Å²) in [6.45, 7) is 2.25. The van der Waals surface area contributed by atoms with Crippen molar-refractivity contribution in [1.29, 1.82) is 0 Å². The number of alkyl carbamates (subject to hydrolysis) is 1. The lowest BCUT2D eigenvalue weighted by atomic mass is 9.98. The van der Waals surface area contributed by atoms with Crippen molar-refractivity contribution in [1.82, 2.24) is 10.2 Å². The molecule has 8 nitrogen and oxygen atoms in total. The van der Waals surface area contributed by atoms with Gasteiger partial charge in [-0.1, -0.05) is 54.6 Å². The van der Waals surface area contributed by atoms with E-state index in [0.717, 1.165) is 22.3 Å². The second-order valence-corrected chi connectivity index (χ2v) is 8.57. The van der Waals surface area contributed by atoms with Gasteiger partial charge in [0.15, 0.2) is 5.60 Å². The van der Waals surface area contributed by atoms with E-state index in [2.05, 4.69) is 29.6 Å². The quantitative estimate of drug-likeness (QED) is 0.610. The van der Waals surface area contributed by atoms with Gasteiger partial charge in [0.2, 0.25) is 5.91 Å². The zero-order chi connectivity index (χ0) is 24.3. The smallest absolute Gasteiger partial charge is 0.407 e. The summed E-state index contributed by atoms with van der Waals surface area (Å²) >= 11 is 0. The second-order valence-electron chi connectivity index (χ2n) is 8.57. The molecule has 2 aromatic rings. The van der Waals surface area contributed by atoms with Crippen LogP contribution in [0.4, 0.5) is 4.79 Å². The highest BCUT2D eigenvalue weighted by Crippen LogP contribution is 2.44. The van der Waals surface area contributed by atoms with Crippen molar-refractivity contribution in [3.05, 3.63) is 71.3 Å². The van der Waals surface area contributed by atoms with E-state index in [1.165, 1.54) is 12.0 Å². The molecule has 2 aliphatic rings. The third-order valence-corrected chi connectivity index (χ3v) is 6.64. The Morgan fingerprint density at radius 2 is 1.74 bits per heavy atom. The fourth-order valence-electron chi connectivity index (χ4n) is 4.66. The van der Waals surface area contributed by atoms with Gasteiger partial charge in [0.05, 0.1) is 6.54 Å². The molecule has 4 rings (SSSR count). The molecule has 1 fully saturated rings. The molecule has 2 N–H and O–H groups in total. The van der Waals surface area contributed by atoms with Gasteiger partial charge in [-0.05, 0) is 29.2 Å². The van der Waals surface area contributed by atoms with Crippen LogP contribution in [0, 0.1) is 0 Å². The number of nitrogens with zero attached hydrogens (tertiary/aromatic N) is 1. The minimum Gasteiger partial charge on any atom is -0.479 e. The Hall–Kier alpha value is -3.65. The van der Waals surface area contributed by atoms with Crippen LogP contribution in [0.3, 0.4) is 0 Å². The first-order valence-corrected chi connectivity index (χ1v) is 11.2. The van der Waals surface area contributed by atoms with Crippen LogP contribution in [-0.4, -0.2) is 66.9 Å². The predicted molar refractivity (Wildman–Crippen MR) is 125 cm³/mol. The molecule has 0 spiro atoms. The summed E-state index contributed by atoms with van der Waals surface area (Å²) in [5, 5.41) is 12.1. The number of methoxy groups -OCH3 is 1. The normalized spacial score (nSPS) is 19.5. The number of fused-ring (bicyclic) bond motifs is 3. The van der Waals surface area contributed by atoms with Crippen LogP contribution in [0.25, 0.3) is 11.1 Å². The van der Waals surface area contributed by atoms with Crippen LogP contribution < -0.4 is 5.32 Å². The highest BCUT2D eigenvalue weighted by molar-refractivity contribution is 5.94. The molecule has 8 heteroatoms. The number of rotatable bonds is 7. The maximum Gasteiger partial charge on any atom is 0.407 e. The molecule has 1 atom stereocenters. The number of nitrogens with one attached hydrogen (secondary N) is 1. The highest BCUT2D eigenvalue weighted by atomic mass is 16.5. The lowest BCUT2D eigenvalue weighted by molar-refractivity contribution is -0.160. The van der Waals surface area contributed by atoms with Crippen molar-refractivity contribution in [2.45, 2.75) is 24.9 Å². The van der Waals surface area contributed by atoms with Crippen molar-refractivity contribution in [3.63, 3.8) is 0 Å². The van der Waals surface area contributed by atoms with Gasteiger partial charge < -0.3 is 24.8 Å². The number of carbonyl (C=O) groups is 3. The van der Waals surface area contributed by atoms with E-state index in [4.69, 9.17) is 9.47 Å². The van der Waals surface area contributed by atoms with Crippen LogP contribution in [-0.2, 0) is 19.1 Å². The molecule has 0 bridgehead atoms. The Balaban J connectivity index is 1.29. The van der Waals surface area contributed by atoms with E-state index in [-0.39, 0.29) is 37.9 Å². The number of aliphatic carboxylic acids is 1. The molecule has 0 radical (unpaired) electrons. The van der Waals surface area contributed by atoms with Crippen LogP contribution in [0.2, 0.25) is 0 Å². The van der Waals surface area contributed by atoms with Gasteiger partial charge in [-0.2, -0.15) is 0 Å². The first-order valence-electron chi connectivity index (χ1n) is 11.2. The number of hydrogen-bond donors (Lipinski definition) is 2. The zero-order valence-corrected chi connectivity index (χ0v) is 19.2. The number of ether oxygens (including phenoxy) is 2. The molecular formula is C26H28N2O6. The summed E-state index contributed by atoms with van der Waals surface area (Å²) in [7, 11) is 1.34. The first kappa shape index (κ1) is 23.5. The lowest BCUT2D eigenvalue weighted by Crippen LogP contribution is -2.44. The maximum absolute atomic E-state index is 12.6. The van der Waals surface area contributed by atoms with Crippen LogP contribution in [0.15, 0.2) is 60.2 Å². The SMILES string of the molecule is COC1(C(=O)O)CCN(C(=O)/C(C)=C/CNC(=O)OCC2c3ccccc3-c3ccccc32)C1. The summed E-state index contributed by atoms with van der Waals surface area (Å²) in [5.41, 5.74) is 3.64. The predicted octanol–water partition coefficient (Wildman–Crippen LogP) is 3.17. The Bertz CT molecular complexity index is 1100. The molecule has 1 aliphatic heterocycles. The summed E-state index contributed by atoms with van der Waals surface area (Å²) in [6.07, 6.45) is 1.26. The van der Waals surface area contributed by atoms with E-state index in [1.54, 1.807) is 13.0 Å². The van der Waals surface area contributed by atoms with Gasteiger partial charge in [0.25, 0.3) is 0 Å². The van der Waals surface area contributed by atoms with Crippen molar-refractivity contribution in [2.24, 2.45) is 0 Å². The number of amides is 2. The average Bonchev–Trinajstić information content (AvgIpc) is 3.43. The molecule has 34 heavy (non-hydrogen) atoms. The number of benzene rings is 2. The van der Waals surface area contributed by atoms with Crippen LogP contribution >= 0.6 is 0 Å². The van der Waals surface area contributed by atoms with E-state index >= 15 is 0 Å². The van der Waals surface area contributed by atoms with Gasteiger partial charge in [-0.15, -0.1) is 0 Å². The molecule has 178 valence electrons. The first-order chi connectivity index (χ1) is 16.4. The van der Waals surface area contributed by atoms with Crippen LogP contribution in [0.5, 0.6) is 0 Å². The number of likely N-dealkylation sites (tertiary alicyclic amines) is 1. The van der Waals surface area contributed by atoms with E-state index < -0.39 is 17.7 Å².